The number of aryl methyl sites for hydroxylation is 1. The van der Waals surface area contributed by atoms with Gasteiger partial charge in [0, 0.05) is 12.7 Å². The van der Waals surface area contributed by atoms with Gasteiger partial charge in [-0.15, -0.1) is 0 Å². The number of amides is 1. The molecule has 0 fully saturated rings. The van der Waals surface area contributed by atoms with E-state index >= 15 is 0 Å². The lowest BCUT2D eigenvalue weighted by atomic mass is 9.95. The maximum Gasteiger partial charge on any atom is 0.226 e. The average molecular weight is 351 g/mol. The van der Waals surface area contributed by atoms with Gasteiger partial charge in [-0.25, -0.2) is 0 Å². The predicted octanol–water partition coefficient (Wildman–Crippen LogP) is 4.84. The van der Waals surface area contributed by atoms with Crippen molar-refractivity contribution in [3.05, 3.63) is 66.2 Å². The van der Waals surface area contributed by atoms with E-state index in [1.165, 1.54) is 46.3 Å². The average Bonchev–Trinajstić information content (AvgIpc) is 2.65. The second-order valence-electron chi connectivity index (χ2n) is 5.85. The van der Waals surface area contributed by atoms with E-state index in [9.17, 15) is 4.79 Å². The highest BCUT2D eigenvalue weighted by atomic mass is 32.2. The fraction of sp³-hybridized carbons (Fsp3) is 0.190. The summed E-state index contributed by atoms with van der Waals surface area (Å²) in [6.45, 7) is 1.53. The maximum atomic E-state index is 11.0. The number of hydrogen-bond donors (Lipinski definition) is 1. The normalized spacial score (nSPS) is 10.6. The lowest BCUT2D eigenvalue weighted by molar-refractivity contribution is -0.117. The molecule has 3 aromatic rings. The van der Waals surface area contributed by atoms with E-state index in [0.717, 1.165) is 17.9 Å². The second kappa shape index (κ2) is 8.08. The van der Waals surface area contributed by atoms with Crippen molar-refractivity contribution in [2.24, 2.45) is 0 Å². The van der Waals surface area contributed by atoms with Crippen LogP contribution < -0.4 is 9.46 Å². The summed E-state index contributed by atoms with van der Waals surface area (Å²) in [5, 5.41) is 2.39. The van der Waals surface area contributed by atoms with Crippen LogP contribution in [0.25, 0.3) is 21.9 Å². The van der Waals surface area contributed by atoms with Crippen LogP contribution in [0.3, 0.4) is 0 Å². The van der Waals surface area contributed by atoms with E-state index in [0.29, 0.717) is 0 Å². The molecule has 0 spiro atoms. The van der Waals surface area contributed by atoms with Gasteiger partial charge in [-0.3, -0.25) is 4.79 Å². The molecule has 0 saturated carbocycles. The van der Waals surface area contributed by atoms with Gasteiger partial charge in [0.25, 0.3) is 0 Å². The van der Waals surface area contributed by atoms with Gasteiger partial charge in [-0.2, -0.15) is 0 Å². The highest BCUT2D eigenvalue weighted by Crippen LogP contribution is 2.31. The molecule has 4 heteroatoms. The largest absolute Gasteiger partial charge is 0.497 e. The topological polar surface area (TPSA) is 38.3 Å². The van der Waals surface area contributed by atoms with Gasteiger partial charge in [0.05, 0.1) is 7.11 Å². The molecular weight excluding hydrogens is 330 g/mol. The number of methoxy groups -OCH3 is 1. The molecule has 0 aliphatic rings. The third-order valence-electron chi connectivity index (χ3n) is 4.04. The van der Waals surface area contributed by atoms with Gasteiger partial charge in [0.15, 0.2) is 0 Å². The van der Waals surface area contributed by atoms with Crippen molar-refractivity contribution in [3.8, 4) is 16.9 Å². The smallest absolute Gasteiger partial charge is 0.226 e. The highest BCUT2D eigenvalue weighted by molar-refractivity contribution is 7.97. The van der Waals surface area contributed by atoms with Gasteiger partial charge in [0.2, 0.25) is 5.91 Å². The van der Waals surface area contributed by atoms with Crippen molar-refractivity contribution in [1.29, 1.82) is 0 Å². The molecule has 0 radical (unpaired) electrons. The maximum absolute atomic E-state index is 11.0. The first kappa shape index (κ1) is 17.4. The van der Waals surface area contributed by atoms with E-state index in [-0.39, 0.29) is 5.91 Å². The van der Waals surface area contributed by atoms with Crippen LogP contribution in [0, 0.1) is 0 Å². The minimum Gasteiger partial charge on any atom is -0.497 e. The molecule has 128 valence electrons. The van der Waals surface area contributed by atoms with Gasteiger partial charge in [0.1, 0.15) is 5.75 Å². The van der Waals surface area contributed by atoms with Crippen molar-refractivity contribution >= 4 is 28.6 Å². The van der Waals surface area contributed by atoms with Crippen molar-refractivity contribution < 1.29 is 9.53 Å². The fourth-order valence-corrected chi connectivity index (χ4v) is 3.49. The van der Waals surface area contributed by atoms with Crippen molar-refractivity contribution in [2.75, 3.05) is 12.9 Å². The summed E-state index contributed by atoms with van der Waals surface area (Å²) < 4.78 is 8.17. The van der Waals surface area contributed by atoms with Crippen molar-refractivity contribution in [3.63, 3.8) is 0 Å². The van der Waals surface area contributed by atoms with Gasteiger partial charge in [-0.05, 0) is 52.1 Å². The number of nitrogens with one attached hydrogen (secondary N) is 1. The van der Waals surface area contributed by atoms with Gasteiger partial charge < -0.3 is 9.46 Å². The van der Waals surface area contributed by atoms with Crippen LogP contribution >= 0.6 is 11.9 Å². The van der Waals surface area contributed by atoms with Crippen LogP contribution in [0.15, 0.2) is 60.7 Å². The Balaban J connectivity index is 1.98. The molecule has 0 atom stereocenters. The Morgan fingerprint density at radius 3 is 2.56 bits per heavy atom. The van der Waals surface area contributed by atoms with E-state index in [2.05, 4.69) is 53.3 Å². The number of fused-ring (bicyclic) bond motifs is 1. The summed E-state index contributed by atoms with van der Waals surface area (Å²) >= 11 is 1.45. The summed E-state index contributed by atoms with van der Waals surface area (Å²) in [4.78, 5) is 11.0. The van der Waals surface area contributed by atoms with Crippen LogP contribution in [0.2, 0.25) is 0 Å². The molecule has 3 nitrogen and oxygen atoms in total. The number of benzene rings is 3. The van der Waals surface area contributed by atoms with Crippen LogP contribution in [0.4, 0.5) is 0 Å². The van der Waals surface area contributed by atoms with E-state index < -0.39 is 0 Å². The van der Waals surface area contributed by atoms with E-state index in [1.807, 2.05) is 12.1 Å². The number of ether oxygens (including phenoxy) is 1. The summed E-state index contributed by atoms with van der Waals surface area (Å²) in [7, 11) is 1.69. The lowest BCUT2D eigenvalue weighted by Gasteiger charge is -2.12. The quantitative estimate of drug-likeness (QED) is 0.510. The molecule has 3 aromatic carbocycles. The molecule has 0 unspecified atom stereocenters. The molecule has 1 amide bonds. The summed E-state index contributed by atoms with van der Waals surface area (Å²) in [5.74, 6) is 1.66. The predicted molar refractivity (Wildman–Crippen MR) is 106 cm³/mol. The van der Waals surface area contributed by atoms with Crippen molar-refractivity contribution in [2.45, 2.75) is 13.3 Å². The Kier molecular flexibility index (Phi) is 5.61. The Morgan fingerprint density at radius 2 is 1.84 bits per heavy atom. The van der Waals surface area contributed by atoms with Crippen molar-refractivity contribution in [1.82, 2.24) is 4.72 Å². The Bertz CT molecular complexity index is 878. The molecule has 3 rings (SSSR count). The van der Waals surface area contributed by atoms with E-state index in [1.54, 1.807) is 7.11 Å². The number of carbonyl (C=O) groups is 1. The molecule has 25 heavy (non-hydrogen) atoms. The highest BCUT2D eigenvalue weighted by Gasteiger charge is 2.08. The first-order valence-electron chi connectivity index (χ1n) is 8.22. The summed E-state index contributed by atoms with van der Waals surface area (Å²) in [6.07, 6.45) is 0.870. The molecular formula is C21H21NO2S. The number of carbonyl (C=O) groups excluding carboxylic acids is 1. The minimum absolute atomic E-state index is 0.0189. The van der Waals surface area contributed by atoms with Crippen LogP contribution in [-0.4, -0.2) is 18.8 Å². The summed E-state index contributed by atoms with van der Waals surface area (Å²) in [5.41, 5.74) is 3.67. The zero-order chi connectivity index (χ0) is 17.6. The molecule has 1 N–H and O–H groups in total. The molecule has 0 aliphatic carbocycles. The molecule has 0 heterocycles. The third-order valence-corrected chi connectivity index (χ3v) is 4.88. The first-order chi connectivity index (χ1) is 12.2. The first-order valence-corrected chi connectivity index (χ1v) is 9.20. The minimum atomic E-state index is -0.0189. The monoisotopic (exact) mass is 351 g/mol. The van der Waals surface area contributed by atoms with Gasteiger partial charge in [-0.1, -0.05) is 54.4 Å². The zero-order valence-corrected chi connectivity index (χ0v) is 15.2. The van der Waals surface area contributed by atoms with E-state index in [4.69, 9.17) is 4.74 Å². The Labute approximate surface area is 152 Å². The standard InChI is InChI=1S/C21H21NO2S/c1-15(23)22-25-11-10-18-13-19(16-6-4-3-5-7-16)12-17-8-9-20(24-2)14-21(17)18/h3-9,12-14H,10-11H2,1-2H3,(H,22,23). The van der Waals surface area contributed by atoms with Gasteiger partial charge >= 0.3 is 0 Å². The number of hydrogen-bond acceptors (Lipinski definition) is 3. The SMILES string of the molecule is COc1ccc2cc(-c3ccccc3)cc(CCSNC(C)=O)c2c1. The zero-order valence-electron chi connectivity index (χ0n) is 14.4. The molecule has 0 bridgehead atoms. The molecule has 0 aliphatic heterocycles. The molecule has 0 aromatic heterocycles. The third kappa shape index (κ3) is 4.34. The molecule has 0 saturated heterocycles. The van der Waals surface area contributed by atoms with Crippen LogP contribution in [0.1, 0.15) is 12.5 Å². The second-order valence-corrected chi connectivity index (χ2v) is 6.75. The Morgan fingerprint density at radius 1 is 1.04 bits per heavy atom. The van der Waals surface area contributed by atoms with Crippen LogP contribution in [-0.2, 0) is 11.2 Å². The summed E-state index contributed by atoms with van der Waals surface area (Å²) in [6, 6.07) is 21.0. The van der Waals surface area contributed by atoms with Crippen LogP contribution in [0.5, 0.6) is 5.75 Å². The fourth-order valence-electron chi connectivity index (χ4n) is 2.86. The number of rotatable bonds is 6. The lowest BCUT2D eigenvalue weighted by Crippen LogP contribution is -2.11. The Hall–Kier alpha value is -2.46.